The highest BCUT2D eigenvalue weighted by atomic mass is 15.2. The van der Waals surface area contributed by atoms with Crippen LogP contribution in [-0.4, -0.2) is 36.6 Å². The second-order valence-electron chi connectivity index (χ2n) is 5.92. The molecule has 3 nitrogen and oxygen atoms in total. The predicted octanol–water partition coefficient (Wildman–Crippen LogP) is 2.14. The van der Waals surface area contributed by atoms with Gasteiger partial charge in [0.05, 0.1) is 6.07 Å². The van der Waals surface area contributed by atoms with Crippen LogP contribution in [0.5, 0.6) is 0 Å². The Labute approximate surface area is 105 Å². The van der Waals surface area contributed by atoms with E-state index in [1.165, 1.54) is 45.1 Å². The van der Waals surface area contributed by atoms with Crippen LogP contribution in [0.3, 0.4) is 0 Å². The quantitative estimate of drug-likeness (QED) is 0.811. The summed E-state index contributed by atoms with van der Waals surface area (Å²) >= 11 is 0. The third kappa shape index (κ3) is 2.81. The standard InChI is InChI=1S/C14H25N3/c1-14(10-15,16-2)11-17-9-5-8-13(17)12-6-3-4-7-12/h12-13,16H,3-9,11H2,1-2H3. The molecule has 2 aliphatic rings. The molecule has 1 aliphatic heterocycles. The maximum Gasteiger partial charge on any atom is 0.116 e. The molecule has 1 N–H and O–H groups in total. The first-order chi connectivity index (χ1) is 8.18. The summed E-state index contributed by atoms with van der Waals surface area (Å²) in [6.07, 6.45) is 8.29. The molecule has 0 aromatic carbocycles. The van der Waals surface area contributed by atoms with Crippen LogP contribution in [0.4, 0.5) is 0 Å². The van der Waals surface area contributed by atoms with Gasteiger partial charge in [-0.3, -0.25) is 4.90 Å². The van der Waals surface area contributed by atoms with E-state index in [-0.39, 0.29) is 5.54 Å². The van der Waals surface area contributed by atoms with Gasteiger partial charge in [-0.15, -0.1) is 0 Å². The lowest BCUT2D eigenvalue weighted by atomic mass is 9.94. The summed E-state index contributed by atoms with van der Waals surface area (Å²) in [6, 6.07) is 3.16. The number of hydrogen-bond acceptors (Lipinski definition) is 3. The third-order valence-corrected chi connectivity index (χ3v) is 4.68. The SMILES string of the molecule is CNC(C)(C#N)CN1CCCC1C1CCCC1. The highest BCUT2D eigenvalue weighted by molar-refractivity contribution is 5.06. The minimum atomic E-state index is -0.388. The van der Waals surface area contributed by atoms with Gasteiger partial charge in [0.25, 0.3) is 0 Å². The molecule has 0 amide bonds. The van der Waals surface area contributed by atoms with Gasteiger partial charge in [0.15, 0.2) is 0 Å². The van der Waals surface area contributed by atoms with Gasteiger partial charge in [-0.05, 0) is 52.1 Å². The van der Waals surface area contributed by atoms with E-state index < -0.39 is 0 Å². The van der Waals surface area contributed by atoms with Crippen LogP contribution in [0.25, 0.3) is 0 Å². The topological polar surface area (TPSA) is 39.1 Å². The summed E-state index contributed by atoms with van der Waals surface area (Å²) in [4.78, 5) is 2.57. The van der Waals surface area contributed by atoms with Gasteiger partial charge in [-0.2, -0.15) is 5.26 Å². The molecule has 1 aliphatic carbocycles. The summed E-state index contributed by atoms with van der Waals surface area (Å²) in [7, 11) is 1.89. The van der Waals surface area contributed by atoms with Crippen molar-refractivity contribution in [3.8, 4) is 6.07 Å². The Morgan fingerprint density at radius 2 is 2.00 bits per heavy atom. The van der Waals surface area contributed by atoms with Crippen LogP contribution < -0.4 is 5.32 Å². The lowest BCUT2D eigenvalue weighted by Gasteiger charge is -2.34. The van der Waals surface area contributed by atoms with E-state index in [0.717, 1.165) is 18.5 Å². The van der Waals surface area contributed by atoms with Crippen molar-refractivity contribution in [3.05, 3.63) is 0 Å². The number of nitrogens with one attached hydrogen (secondary N) is 1. The molecule has 2 atom stereocenters. The molecule has 1 saturated heterocycles. The van der Waals surface area contributed by atoms with Gasteiger partial charge in [0.1, 0.15) is 5.54 Å². The molecule has 1 heterocycles. The van der Waals surface area contributed by atoms with Crippen molar-refractivity contribution in [2.45, 2.75) is 57.0 Å². The second kappa shape index (κ2) is 5.37. The van der Waals surface area contributed by atoms with Crippen LogP contribution in [0.1, 0.15) is 45.4 Å². The van der Waals surface area contributed by atoms with E-state index >= 15 is 0 Å². The minimum Gasteiger partial charge on any atom is -0.302 e. The number of nitrogens with zero attached hydrogens (tertiary/aromatic N) is 2. The normalized spacial score (nSPS) is 30.3. The zero-order valence-corrected chi connectivity index (χ0v) is 11.2. The van der Waals surface area contributed by atoms with Crippen LogP contribution in [0.2, 0.25) is 0 Å². The average Bonchev–Trinajstić information content (AvgIpc) is 2.98. The summed E-state index contributed by atoms with van der Waals surface area (Å²) in [5.74, 6) is 0.900. The predicted molar refractivity (Wildman–Crippen MR) is 69.6 cm³/mol. The Balaban J connectivity index is 1.97. The smallest absolute Gasteiger partial charge is 0.116 e. The Bertz CT molecular complexity index is 290. The van der Waals surface area contributed by atoms with Gasteiger partial charge in [-0.25, -0.2) is 0 Å². The molecule has 0 radical (unpaired) electrons. The first-order valence-electron chi connectivity index (χ1n) is 7.03. The highest BCUT2D eigenvalue weighted by Crippen LogP contribution is 2.35. The molecular weight excluding hydrogens is 210 g/mol. The number of likely N-dealkylation sites (tertiary alicyclic amines) is 1. The van der Waals surface area contributed by atoms with Crippen LogP contribution >= 0.6 is 0 Å². The molecule has 96 valence electrons. The van der Waals surface area contributed by atoms with E-state index in [9.17, 15) is 5.26 Å². The zero-order valence-electron chi connectivity index (χ0n) is 11.2. The molecule has 0 spiro atoms. The van der Waals surface area contributed by atoms with E-state index in [1.807, 2.05) is 14.0 Å². The van der Waals surface area contributed by atoms with Crippen molar-refractivity contribution in [2.24, 2.45) is 5.92 Å². The van der Waals surface area contributed by atoms with Crippen molar-refractivity contribution in [2.75, 3.05) is 20.1 Å². The molecule has 2 rings (SSSR count). The molecule has 3 heteroatoms. The maximum atomic E-state index is 9.26. The molecule has 0 bridgehead atoms. The molecule has 0 aromatic rings. The monoisotopic (exact) mass is 235 g/mol. The van der Waals surface area contributed by atoms with E-state index in [4.69, 9.17) is 0 Å². The van der Waals surface area contributed by atoms with Crippen LogP contribution in [-0.2, 0) is 0 Å². The second-order valence-corrected chi connectivity index (χ2v) is 5.92. The summed E-state index contributed by atoms with van der Waals surface area (Å²) < 4.78 is 0. The lowest BCUT2D eigenvalue weighted by molar-refractivity contribution is 0.162. The van der Waals surface area contributed by atoms with Gasteiger partial charge >= 0.3 is 0 Å². The number of likely N-dealkylation sites (N-methyl/N-ethyl adjacent to an activating group) is 1. The van der Waals surface area contributed by atoms with E-state index in [2.05, 4.69) is 16.3 Å². The van der Waals surface area contributed by atoms with Crippen molar-refractivity contribution in [1.82, 2.24) is 10.2 Å². The molecule has 17 heavy (non-hydrogen) atoms. The molecule has 1 saturated carbocycles. The zero-order chi connectivity index (χ0) is 12.3. The largest absolute Gasteiger partial charge is 0.302 e. The van der Waals surface area contributed by atoms with E-state index in [0.29, 0.717) is 0 Å². The van der Waals surface area contributed by atoms with Crippen molar-refractivity contribution >= 4 is 0 Å². The van der Waals surface area contributed by atoms with Crippen LogP contribution in [0, 0.1) is 17.2 Å². The Hall–Kier alpha value is -0.590. The van der Waals surface area contributed by atoms with Gasteiger partial charge in [0, 0.05) is 12.6 Å². The number of rotatable bonds is 4. The van der Waals surface area contributed by atoms with Crippen molar-refractivity contribution < 1.29 is 0 Å². The minimum absolute atomic E-state index is 0.388. The molecule has 2 fully saturated rings. The average molecular weight is 235 g/mol. The molecule has 0 aromatic heterocycles. The summed E-state index contributed by atoms with van der Waals surface area (Å²) in [5.41, 5.74) is -0.388. The number of nitriles is 1. The fraction of sp³-hybridized carbons (Fsp3) is 0.929. The van der Waals surface area contributed by atoms with E-state index in [1.54, 1.807) is 0 Å². The Morgan fingerprint density at radius 3 is 2.59 bits per heavy atom. The Morgan fingerprint density at radius 1 is 1.29 bits per heavy atom. The van der Waals surface area contributed by atoms with Gasteiger partial charge in [0.2, 0.25) is 0 Å². The third-order valence-electron chi connectivity index (χ3n) is 4.68. The lowest BCUT2D eigenvalue weighted by Crippen LogP contribution is -2.51. The highest BCUT2D eigenvalue weighted by Gasteiger charge is 2.36. The van der Waals surface area contributed by atoms with Crippen molar-refractivity contribution in [3.63, 3.8) is 0 Å². The first-order valence-corrected chi connectivity index (χ1v) is 7.03. The number of hydrogen-bond donors (Lipinski definition) is 1. The fourth-order valence-electron chi connectivity index (χ4n) is 3.50. The molecule has 2 unspecified atom stereocenters. The Kier molecular flexibility index (Phi) is 4.06. The first kappa shape index (κ1) is 12.9. The van der Waals surface area contributed by atoms with Gasteiger partial charge in [-0.1, -0.05) is 12.8 Å². The summed E-state index contributed by atoms with van der Waals surface area (Å²) in [6.45, 7) is 4.07. The fourth-order valence-corrected chi connectivity index (χ4v) is 3.50. The summed E-state index contributed by atoms with van der Waals surface area (Å²) in [5, 5.41) is 12.4. The molecular formula is C14H25N3. The van der Waals surface area contributed by atoms with Crippen LogP contribution in [0.15, 0.2) is 0 Å². The van der Waals surface area contributed by atoms with Crippen molar-refractivity contribution in [1.29, 1.82) is 5.26 Å². The maximum absolute atomic E-state index is 9.26. The van der Waals surface area contributed by atoms with Gasteiger partial charge < -0.3 is 5.32 Å².